The molecule has 0 amide bonds. The Bertz CT molecular complexity index is 589. The number of hydrogen-bond acceptors (Lipinski definition) is 5. The minimum atomic E-state index is 0.465. The Kier molecular flexibility index (Phi) is 4.06. The maximum atomic E-state index is 6.06. The van der Waals surface area contributed by atoms with Gasteiger partial charge in [0.1, 0.15) is 10.8 Å². The van der Waals surface area contributed by atoms with Crippen LogP contribution in [0.1, 0.15) is 5.56 Å². The first-order valence-corrected chi connectivity index (χ1v) is 6.14. The molecule has 100 valence electrons. The zero-order chi connectivity index (χ0) is 13.8. The van der Waals surface area contributed by atoms with Gasteiger partial charge in [-0.3, -0.25) is 0 Å². The third-order valence-electron chi connectivity index (χ3n) is 2.63. The zero-order valence-corrected chi connectivity index (χ0v) is 11.7. The molecule has 2 aromatic rings. The van der Waals surface area contributed by atoms with E-state index in [4.69, 9.17) is 16.3 Å². The molecule has 0 saturated heterocycles. The number of benzene rings is 1. The van der Waals surface area contributed by atoms with Crippen molar-refractivity contribution in [1.29, 1.82) is 0 Å². The predicted molar refractivity (Wildman–Crippen MR) is 77.6 cm³/mol. The van der Waals surface area contributed by atoms with E-state index in [1.165, 1.54) is 0 Å². The van der Waals surface area contributed by atoms with Crippen LogP contribution in [0.25, 0.3) is 0 Å². The van der Waals surface area contributed by atoms with Gasteiger partial charge in [0, 0.05) is 12.7 Å². The largest absolute Gasteiger partial charge is 0.496 e. The first-order chi connectivity index (χ1) is 9.13. The van der Waals surface area contributed by atoms with Gasteiger partial charge in [-0.1, -0.05) is 11.6 Å². The summed E-state index contributed by atoms with van der Waals surface area (Å²) in [6.07, 6.45) is 1.55. The van der Waals surface area contributed by atoms with Crippen LogP contribution in [0.3, 0.4) is 0 Å². The maximum Gasteiger partial charge on any atom is 0.224 e. The highest BCUT2D eigenvalue weighted by molar-refractivity contribution is 6.32. The van der Waals surface area contributed by atoms with Gasteiger partial charge in [0.25, 0.3) is 0 Å². The van der Waals surface area contributed by atoms with Crippen molar-refractivity contribution in [3.8, 4) is 5.75 Å². The third-order valence-corrected chi connectivity index (χ3v) is 2.90. The summed E-state index contributed by atoms with van der Waals surface area (Å²) in [5, 5.41) is 6.49. The molecular formula is C13H15ClN4O. The van der Waals surface area contributed by atoms with Gasteiger partial charge >= 0.3 is 0 Å². The lowest BCUT2D eigenvalue weighted by Gasteiger charge is -2.11. The Morgan fingerprint density at radius 1 is 1.32 bits per heavy atom. The minimum Gasteiger partial charge on any atom is -0.496 e. The minimum absolute atomic E-state index is 0.465. The van der Waals surface area contributed by atoms with Gasteiger partial charge in [0.15, 0.2) is 5.82 Å². The molecule has 1 aromatic carbocycles. The maximum absolute atomic E-state index is 6.06. The summed E-state index contributed by atoms with van der Waals surface area (Å²) in [6, 6.07) is 5.77. The Balaban J connectivity index is 2.28. The van der Waals surface area contributed by atoms with E-state index in [0.29, 0.717) is 16.8 Å². The fourth-order valence-corrected chi connectivity index (χ4v) is 1.81. The third kappa shape index (κ3) is 3.06. The van der Waals surface area contributed by atoms with Crippen molar-refractivity contribution in [1.82, 2.24) is 9.97 Å². The van der Waals surface area contributed by atoms with E-state index in [2.05, 4.69) is 20.6 Å². The zero-order valence-electron chi connectivity index (χ0n) is 11.0. The quantitative estimate of drug-likeness (QED) is 0.899. The Hall–Kier alpha value is -2.01. The average molecular weight is 279 g/mol. The van der Waals surface area contributed by atoms with Crippen LogP contribution in [0.5, 0.6) is 5.75 Å². The molecule has 5 nitrogen and oxygen atoms in total. The first-order valence-electron chi connectivity index (χ1n) is 5.76. The van der Waals surface area contributed by atoms with E-state index in [0.717, 1.165) is 17.0 Å². The summed E-state index contributed by atoms with van der Waals surface area (Å²) in [4.78, 5) is 8.29. The summed E-state index contributed by atoms with van der Waals surface area (Å²) in [5.74, 6) is 1.91. The molecule has 1 heterocycles. The lowest BCUT2D eigenvalue weighted by atomic mass is 10.2. The van der Waals surface area contributed by atoms with Crippen molar-refractivity contribution in [2.24, 2.45) is 0 Å². The van der Waals surface area contributed by atoms with Gasteiger partial charge in [0.05, 0.1) is 13.3 Å². The SMILES string of the molecule is CNc1ncc(Cl)c(Nc2ccc(OC)c(C)c2)n1. The second-order valence-electron chi connectivity index (χ2n) is 3.95. The van der Waals surface area contributed by atoms with Crippen molar-refractivity contribution in [2.45, 2.75) is 6.92 Å². The highest BCUT2D eigenvalue weighted by Crippen LogP contribution is 2.27. The molecule has 0 atom stereocenters. The highest BCUT2D eigenvalue weighted by atomic mass is 35.5. The number of methoxy groups -OCH3 is 1. The molecule has 6 heteroatoms. The number of aromatic nitrogens is 2. The van der Waals surface area contributed by atoms with Gasteiger partial charge in [-0.25, -0.2) is 4.98 Å². The number of rotatable bonds is 4. The van der Waals surface area contributed by atoms with Gasteiger partial charge in [-0.2, -0.15) is 4.98 Å². The van der Waals surface area contributed by atoms with Crippen molar-refractivity contribution < 1.29 is 4.74 Å². The van der Waals surface area contributed by atoms with Gasteiger partial charge in [-0.15, -0.1) is 0 Å². The van der Waals surface area contributed by atoms with Crippen molar-refractivity contribution >= 4 is 29.1 Å². The molecule has 0 spiro atoms. The normalized spacial score (nSPS) is 10.1. The van der Waals surface area contributed by atoms with E-state index < -0.39 is 0 Å². The van der Waals surface area contributed by atoms with Crippen LogP contribution in [0.4, 0.5) is 17.5 Å². The molecule has 0 aliphatic heterocycles. The van der Waals surface area contributed by atoms with Crippen LogP contribution in [-0.2, 0) is 0 Å². The Morgan fingerprint density at radius 2 is 2.11 bits per heavy atom. The second kappa shape index (κ2) is 5.75. The molecule has 0 saturated carbocycles. The van der Waals surface area contributed by atoms with Crippen molar-refractivity contribution in [2.75, 3.05) is 24.8 Å². The van der Waals surface area contributed by atoms with E-state index in [1.54, 1.807) is 20.4 Å². The molecule has 19 heavy (non-hydrogen) atoms. The molecule has 0 aliphatic rings. The smallest absolute Gasteiger partial charge is 0.224 e. The molecule has 1 aromatic heterocycles. The molecular weight excluding hydrogens is 264 g/mol. The average Bonchev–Trinajstić information content (AvgIpc) is 2.41. The first kappa shape index (κ1) is 13.4. The van der Waals surface area contributed by atoms with Crippen LogP contribution in [0.15, 0.2) is 24.4 Å². The second-order valence-corrected chi connectivity index (χ2v) is 4.36. The number of anilines is 3. The summed E-state index contributed by atoms with van der Waals surface area (Å²) in [5.41, 5.74) is 1.92. The number of halogens is 1. The van der Waals surface area contributed by atoms with E-state index in [1.807, 2.05) is 25.1 Å². The van der Waals surface area contributed by atoms with Gasteiger partial charge < -0.3 is 15.4 Å². The Labute approximate surface area is 117 Å². The molecule has 2 rings (SSSR count). The number of nitrogens with one attached hydrogen (secondary N) is 2. The summed E-state index contributed by atoms with van der Waals surface area (Å²) < 4.78 is 5.22. The molecule has 0 fully saturated rings. The van der Waals surface area contributed by atoms with Crippen LogP contribution in [0, 0.1) is 6.92 Å². The summed E-state index contributed by atoms with van der Waals surface area (Å²) in [6.45, 7) is 1.98. The van der Waals surface area contributed by atoms with E-state index in [9.17, 15) is 0 Å². The van der Waals surface area contributed by atoms with Crippen LogP contribution < -0.4 is 15.4 Å². The summed E-state index contributed by atoms with van der Waals surface area (Å²) >= 11 is 6.06. The van der Waals surface area contributed by atoms with Crippen LogP contribution in [0.2, 0.25) is 5.02 Å². The lowest BCUT2D eigenvalue weighted by Crippen LogP contribution is -2.01. The topological polar surface area (TPSA) is 59.1 Å². The van der Waals surface area contributed by atoms with Crippen LogP contribution >= 0.6 is 11.6 Å². The number of aryl methyl sites for hydroxylation is 1. The number of hydrogen-bond donors (Lipinski definition) is 2. The number of nitrogens with zero attached hydrogens (tertiary/aromatic N) is 2. The van der Waals surface area contributed by atoms with Gasteiger partial charge in [-0.05, 0) is 30.7 Å². The highest BCUT2D eigenvalue weighted by Gasteiger charge is 2.06. The van der Waals surface area contributed by atoms with Crippen molar-refractivity contribution in [3.63, 3.8) is 0 Å². The molecule has 0 radical (unpaired) electrons. The van der Waals surface area contributed by atoms with Crippen LogP contribution in [-0.4, -0.2) is 24.1 Å². The molecule has 2 N–H and O–H groups in total. The predicted octanol–water partition coefficient (Wildman–Crippen LogP) is 3.23. The Morgan fingerprint density at radius 3 is 2.74 bits per heavy atom. The fourth-order valence-electron chi connectivity index (χ4n) is 1.67. The van der Waals surface area contributed by atoms with Crippen molar-refractivity contribution in [3.05, 3.63) is 35.0 Å². The molecule has 0 bridgehead atoms. The van der Waals surface area contributed by atoms with Gasteiger partial charge in [0.2, 0.25) is 5.95 Å². The molecule has 0 aliphatic carbocycles. The fraction of sp³-hybridized carbons (Fsp3) is 0.231. The van der Waals surface area contributed by atoms with E-state index >= 15 is 0 Å². The number of ether oxygens (including phenoxy) is 1. The molecule has 0 unspecified atom stereocenters. The van der Waals surface area contributed by atoms with E-state index in [-0.39, 0.29) is 0 Å². The monoisotopic (exact) mass is 278 g/mol. The standard InChI is InChI=1S/C13H15ClN4O/c1-8-6-9(4-5-11(8)19-3)17-12-10(14)7-16-13(15-2)18-12/h4-7H,1-3H3,(H2,15,16,17,18). The lowest BCUT2D eigenvalue weighted by molar-refractivity contribution is 0.412. The summed E-state index contributed by atoms with van der Waals surface area (Å²) in [7, 11) is 3.40.